The standard InChI is InChI=1S/C29H39N5O5/c1-18(2)13-21(25(35)29(5)17-39-29)32-27(37)23(15-20-9-7-6-8-10-20)34-26(36)22(14-19(3)4)33-28(38)24-16-30-11-12-31-24/h6-12,16,18-19,21-23H,13-15,17H2,1-5H3,(H,32,37)(H,33,38)(H,34,36)/t21-,22-,23-,29+/m0/s1. The van der Waals surface area contributed by atoms with Crippen LogP contribution in [0.25, 0.3) is 0 Å². The van der Waals surface area contributed by atoms with Crippen LogP contribution in [0.1, 0.15) is 63.5 Å². The Bertz CT molecular complexity index is 1140. The minimum Gasteiger partial charge on any atom is -0.361 e. The number of nitrogens with zero attached hydrogens (tertiary/aromatic N) is 2. The molecule has 4 atom stereocenters. The highest BCUT2D eigenvalue weighted by Crippen LogP contribution is 2.29. The molecule has 0 bridgehead atoms. The SMILES string of the molecule is CC(C)C[C@H](NC(=O)c1cnccn1)C(=O)N[C@@H](Cc1ccccc1)C(=O)N[C@@H](CC(C)C)C(=O)[C@@]1(C)CO1. The first-order valence-corrected chi connectivity index (χ1v) is 13.4. The number of hydrogen-bond acceptors (Lipinski definition) is 7. The van der Waals surface area contributed by atoms with Crippen molar-refractivity contribution < 1.29 is 23.9 Å². The van der Waals surface area contributed by atoms with Gasteiger partial charge < -0.3 is 20.7 Å². The number of epoxide rings is 1. The summed E-state index contributed by atoms with van der Waals surface area (Å²) in [6.45, 7) is 9.86. The predicted molar refractivity (Wildman–Crippen MR) is 146 cm³/mol. The molecule has 10 heteroatoms. The van der Waals surface area contributed by atoms with E-state index < -0.39 is 41.4 Å². The van der Waals surface area contributed by atoms with Crippen LogP contribution in [0.3, 0.4) is 0 Å². The van der Waals surface area contributed by atoms with Crippen molar-refractivity contribution in [1.82, 2.24) is 25.9 Å². The zero-order valence-electron chi connectivity index (χ0n) is 23.3. The molecule has 1 saturated heterocycles. The molecule has 3 amide bonds. The fourth-order valence-corrected chi connectivity index (χ4v) is 4.28. The third-order valence-electron chi connectivity index (χ3n) is 6.48. The molecule has 0 aliphatic carbocycles. The first kappa shape index (κ1) is 29.9. The molecule has 0 spiro atoms. The van der Waals surface area contributed by atoms with E-state index in [1.54, 1.807) is 6.92 Å². The number of carbonyl (C=O) groups is 4. The van der Waals surface area contributed by atoms with E-state index in [1.165, 1.54) is 18.6 Å². The zero-order chi connectivity index (χ0) is 28.6. The second kappa shape index (κ2) is 13.4. The van der Waals surface area contributed by atoms with E-state index in [0.717, 1.165) is 5.56 Å². The molecule has 0 unspecified atom stereocenters. The number of carbonyl (C=O) groups excluding carboxylic acids is 4. The molecule has 1 aliphatic heterocycles. The first-order chi connectivity index (χ1) is 18.5. The zero-order valence-corrected chi connectivity index (χ0v) is 23.3. The van der Waals surface area contributed by atoms with Crippen molar-refractivity contribution in [2.75, 3.05) is 6.61 Å². The summed E-state index contributed by atoms with van der Waals surface area (Å²) >= 11 is 0. The van der Waals surface area contributed by atoms with Gasteiger partial charge >= 0.3 is 0 Å². The largest absolute Gasteiger partial charge is 0.361 e. The van der Waals surface area contributed by atoms with Crippen molar-refractivity contribution >= 4 is 23.5 Å². The number of amides is 3. The Morgan fingerprint density at radius 2 is 1.46 bits per heavy atom. The molecule has 1 aromatic carbocycles. The number of ether oxygens (including phenoxy) is 1. The lowest BCUT2D eigenvalue weighted by atomic mass is 9.93. The van der Waals surface area contributed by atoms with Crippen LogP contribution in [0.2, 0.25) is 0 Å². The normalized spacial score (nSPS) is 18.6. The number of rotatable bonds is 14. The summed E-state index contributed by atoms with van der Waals surface area (Å²) in [6.07, 6.45) is 5.17. The van der Waals surface area contributed by atoms with Gasteiger partial charge in [-0.15, -0.1) is 0 Å². The van der Waals surface area contributed by atoms with Crippen molar-refractivity contribution in [1.29, 1.82) is 0 Å². The second-order valence-electron chi connectivity index (χ2n) is 11.1. The van der Waals surface area contributed by atoms with E-state index in [2.05, 4.69) is 25.9 Å². The summed E-state index contributed by atoms with van der Waals surface area (Å²) in [6, 6.07) is 6.67. The summed E-state index contributed by atoms with van der Waals surface area (Å²) in [7, 11) is 0. The number of Topliss-reactive ketones (excluding diaryl/α,β-unsaturated/α-hetero) is 1. The molecule has 10 nitrogen and oxygen atoms in total. The van der Waals surface area contributed by atoms with Gasteiger partial charge in [0.25, 0.3) is 5.91 Å². The summed E-state index contributed by atoms with van der Waals surface area (Å²) in [5, 5.41) is 8.44. The number of benzene rings is 1. The van der Waals surface area contributed by atoms with E-state index >= 15 is 0 Å². The number of ketones is 1. The highest BCUT2D eigenvalue weighted by Gasteiger charge is 2.50. The summed E-state index contributed by atoms with van der Waals surface area (Å²) in [5.74, 6) is -1.45. The van der Waals surface area contributed by atoms with E-state index in [9.17, 15) is 19.2 Å². The van der Waals surface area contributed by atoms with Crippen LogP contribution in [-0.2, 0) is 25.5 Å². The van der Waals surface area contributed by atoms with Gasteiger partial charge in [-0.2, -0.15) is 0 Å². The Labute approximate surface area is 229 Å². The molecule has 0 saturated carbocycles. The van der Waals surface area contributed by atoms with E-state index in [-0.39, 0.29) is 29.7 Å². The third-order valence-corrected chi connectivity index (χ3v) is 6.48. The highest BCUT2D eigenvalue weighted by atomic mass is 16.6. The molecule has 3 rings (SSSR count). The smallest absolute Gasteiger partial charge is 0.272 e. The van der Waals surface area contributed by atoms with Crippen molar-refractivity contribution in [2.45, 2.75) is 77.6 Å². The summed E-state index contributed by atoms with van der Waals surface area (Å²) in [4.78, 5) is 60.8. The maximum Gasteiger partial charge on any atom is 0.272 e. The lowest BCUT2D eigenvalue weighted by Gasteiger charge is -2.27. The number of hydrogen-bond donors (Lipinski definition) is 3. The Kier molecular flexibility index (Phi) is 10.3. The van der Waals surface area contributed by atoms with Gasteiger partial charge in [0.05, 0.1) is 18.8 Å². The molecule has 3 N–H and O–H groups in total. The highest BCUT2D eigenvalue weighted by molar-refractivity contribution is 5.99. The molecular formula is C29H39N5O5. The van der Waals surface area contributed by atoms with Crippen LogP contribution in [-0.4, -0.2) is 63.8 Å². The van der Waals surface area contributed by atoms with Gasteiger partial charge in [-0.3, -0.25) is 24.2 Å². The molecule has 210 valence electrons. The van der Waals surface area contributed by atoms with Crippen LogP contribution in [0, 0.1) is 11.8 Å². The molecule has 39 heavy (non-hydrogen) atoms. The Morgan fingerprint density at radius 3 is 2.03 bits per heavy atom. The second-order valence-corrected chi connectivity index (χ2v) is 11.1. The van der Waals surface area contributed by atoms with Gasteiger partial charge in [0.2, 0.25) is 11.8 Å². The fraction of sp³-hybridized carbons (Fsp3) is 0.517. The fourth-order valence-electron chi connectivity index (χ4n) is 4.28. The van der Waals surface area contributed by atoms with E-state index in [1.807, 2.05) is 58.0 Å². The maximum absolute atomic E-state index is 13.6. The third kappa shape index (κ3) is 8.95. The van der Waals surface area contributed by atoms with Gasteiger partial charge in [0, 0.05) is 18.8 Å². The quantitative estimate of drug-likeness (QED) is 0.314. The van der Waals surface area contributed by atoms with Gasteiger partial charge in [-0.1, -0.05) is 58.0 Å². The Morgan fingerprint density at radius 1 is 0.872 bits per heavy atom. The molecule has 2 aromatic rings. The summed E-state index contributed by atoms with van der Waals surface area (Å²) < 4.78 is 5.34. The van der Waals surface area contributed by atoms with Crippen molar-refractivity contribution in [2.24, 2.45) is 11.8 Å². The Hall–Kier alpha value is -3.66. The topological polar surface area (TPSA) is 143 Å². The lowest BCUT2D eigenvalue weighted by Crippen LogP contribution is -2.57. The van der Waals surface area contributed by atoms with E-state index in [0.29, 0.717) is 19.4 Å². The van der Waals surface area contributed by atoms with Crippen molar-refractivity contribution in [3.8, 4) is 0 Å². The first-order valence-electron chi connectivity index (χ1n) is 13.4. The molecule has 1 aliphatic rings. The average Bonchev–Trinajstić information content (AvgIpc) is 3.65. The predicted octanol–water partition coefficient (Wildman–Crippen LogP) is 2.24. The van der Waals surface area contributed by atoms with Crippen LogP contribution in [0.4, 0.5) is 0 Å². The van der Waals surface area contributed by atoms with Gasteiger partial charge in [-0.25, -0.2) is 4.98 Å². The lowest BCUT2D eigenvalue weighted by molar-refractivity contribution is -0.133. The van der Waals surface area contributed by atoms with Gasteiger partial charge in [0.1, 0.15) is 23.4 Å². The minimum absolute atomic E-state index is 0.0802. The number of aromatic nitrogens is 2. The van der Waals surface area contributed by atoms with E-state index in [4.69, 9.17) is 4.74 Å². The van der Waals surface area contributed by atoms with Crippen molar-refractivity contribution in [3.05, 3.63) is 60.2 Å². The molecule has 1 aromatic heterocycles. The van der Waals surface area contributed by atoms with Crippen LogP contribution in [0.5, 0.6) is 0 Å². The average molecular weight is 538 g/mol. The molecule has 1 fully saturated rings. The van der Waals surface area contributed by atoms with Gasteiger partial charge in [0.15, 0.2) is 5.78 Å². The molecular weight excluding hydrogens is 498 g/mol. The number of nitrogens with one attached hydrogen (secondary N) is 3. The molecule has 0 radical (unpaired) electrons. The summed E-state index contributed by atoms with van der Waals surface area (Å²) in [5.41, 5.74) is 0.0347. The molecule has 2 heterocycles. The minimum atomic E-state index is -0.974. The monoisotopic (exact) mass is 537 g/mol. The van der Waals surface area contributed by atoms with Crippen LogP contribution in [0.15, 0.2) is 48.9 Å². The maximum atomic E-state index is 13.6. The van der Waals surface area contributed by atoms with Crippen LogP contribution >= 0.6 is 0 Å². The van der Waals surface area contributed by atoms with Crippen molar-refractivity contribution in [3.63, 3.8) is 0 Å². The van der Waals surface area contributed by atoms with Gasteiger partial charge in [-0.05, 0) is 37.2 Å². The Balaban J connectivity index is 1.80. The van der Waals surface area contributed by atoms with Crippen LogP contribution < -0.4 is 16.0 Å².